The van der Waals surface area contributed by atoms with Crippen molar-refractivity contribution >= 4 is 29.3 Å². The molecular weight excluding hydrogens is 510 g/mol. The Kier molecular flexibility index (Phi) is 8.45. The zero-order chi connectivity index (χ0) is 28.3. The molecule has 1 aliphatic rings. The van der Waals surface area contributed by atoms with Crippen LogP contribution in [0, 0.1) is 11.3 Å². The highest BCUT2D eigenvalue weighted by Gasteiger charge is 2.40. The Hall–Kier alpha value is -3.64. The first-order valence-corrected chi connectivity index (χ1v) is 13.7. The average molecular weight is 546 g/mol. The number of nitrogens with one attached hydrogen (secondary N) is 1. The summed E-state index contributed by atoms with van der Waals surface area (Å²) in [6.45, 7) is 9.52. The third-order valence-corrected chi connectivity index (χ3v) is 7.91. The van der Waals surface area contributed by atoms with E-state index in [9.17, 15) is 14.4 Å². The minimum atomic E-state index is -0.640. The Morgan fingerprint density at radius 2 is 1.62 bits per heavy atom. The fourth-order valence-corrected chi connectivity index (χ4v) is 5.59. The van der Waals surface area contributed by atoms with Crippen molar-refractivity contribution in [1.29, 1.82) is 0 Å². The molecule has 1 aliphatic heterocycles. The van der Waals surface area contributed by atoms with Crippen molar-refractivity contribution in [1.82, 2.24) is 10.2 Å². The highest BCUT2D eigenvalue weighted by Crippen LogP contribution is 2.42. The molecule has 1 saturated heterocycles. The second-order valence-electron chi connectivity index (χ2n) is 11.4. The van der Waals surface area contributed by atoms with E-state index in [1.165, 1.54) is 5.56 Å². The van der Waals surface area contributed by atoms with Gasteiger partial charge in [-0.25, -0.2) is 0 Å². The second-order valence-corrected chi connectivity index (χ2v) is 11.8. The van der Waals surface area contributed by atoms with E-state index >= 15 is 0 Å². The minimum absolute atomic E-state index is 0.0563. The summed E-state index contributed by atoms with van der Waals surface area (Å²) < 4.78 is 0. The molecule has 0 spiro atoms. The molecule has 0 aliphatic carbocycles. The number of hydrogen-bond donors (Lipinski definition) is 2. The number of carbonyl (C=O) groups excluding carboxylic acids is 3. The van der Waals surface area contributed by atoms with Crippen LogP contribution in [0.1, 0.15) is 66.3 Å². The fraction of sp³-hybridized carbons (Fsp3) is 0.344. The van der Waals surface area contributed by atoms with Crippen LogP contribution in [-0.2, 0) is 4.79 Å². The first-order valence-electron chi connectivity index (χ1n) is 13.3. The van der Waals surface area contributed by atoms with Crippen LogP contribution in [0.15, 0.2) is 72.8 Å². The van der Waals surface area contributed by atoms with Gasteiger partial charge in [-0.2, -0.15) is 0 Å². The number of piperidine rings is 1. The molecule has 3 N–H and O–H groups in total. The summed E-state index contributed by atoms with van der Waals surface area (Å²) in [4.78, 5) is 40.3. The molecule has 3 amide bonds. The van der Waals surface area contributed by atoms with Gasteiger partial charge in [0.1, 0.15) is 6.04 Å². The third-order valence-electron chi connectivity index (χ3n) is 7.66. The molecule has 7 heteroatoms. The van der Waals surface area contributed by atoms with Crippen molar-refractivity contribution in [2.24, 2.45) is 17.1 Å². The molecule has 6 nitrogen and oxygen atoms in total. The van der Waals surface area contributed by atoms with E-state index < -0.39 is 11.9 Å². The lowest BCUT2D eigenvalue weighted by molar-refractivity contribution is -0.137. The Morgan fingerprint density at radius 3 is 2.21 bits per heavy atom. The molecule has 0 unspecified atom stereocenters. The first kappa shape index (κ1) is 28.4. The van der Waals surface area contributed by atoms with Gasteiger partial charge in [0.05, 0.1) is 0 Å². The van der Waals surface area contributed by atoms with Crippen LogP contribution in [0.25, 0.3) is 11.1 Å². The molecular formula is C32H36ClN3O3. The molecule has 0 saturated carbocycles. The van der Waals surface area contributed by atoms with E-state index in [0.717, 1.165) is 17.5 Å². The first-order chi connectivity index (χ1) is 18.5. The largest absolute Gasteiger partial charge is 0.366 e. The lowest BCUT2D eigenvalue weighted by Gasteiger charge is -2.45. The van der Waals surface area contributed by atoms with Crippen molar-refractivity contribution < 1.29 is 14.4 Å². The second kappa shape index (κ2) is 11.6. The number of nitrogens with two attached hydrogens (primary N) is 1. The molecule has 3 aromatic rings. The summed E-state index contributed by atoms with van der Waals surface area (Å²) >= 11 is 6.09. The Morgan fingerprint density at radius 1 is 0.949 bits per heavy atom. The van der Waals surface area contributed by atoms with Crippen molar-refractivity contribution in [3.05, 3.63) is 94.5 Å². The lowest BCUT2D eigenvalue weighted by atomic mass is 9.70. The molecule has 0 bridgehead atoms. The van der Waals surface area contributed by atoms with Gasteiger partial charge in [-0.1, -0.05) is 75.7 Å². The van der Waals surface area contributed by atoms with Gasteiger partial charge in [-0.15, -0.1) is 0 Å². The Bertz CT molecular complexity index is 1350. The summed E-state index contributed by atoms with van der Waals surface area (Å²) in [6.07, 6.45) is 0.843. The predicted molar refractivity (Wildman–Crippen MR) is 156 cm³/mol. The molecule has 1 heterocycles. The normalized spacial score (nSPS) is 17.5. The summed E-state index contributed by atoms with van der Waals surface area (Å²) in [5.74, 6) is -0.613. The zero-order valence-corrected chi connectivity index (χ0v) is 23.7. The quantitative estimate of drug-likeness (QED) is 0.387. The summed E-state index contributed by atoms with van der Waals surface area (Å²) in [5.41, 5.74) is 9.01. The zero-order valence-electron chi connectivity index (χ0n) is 22.9. The number of likely N-dealkylation sites (tertiary alicyclic amines) is 1. The van der Waals surface area contributed by atoms with Gasteiger partial charge in [0, 0.05) is 29.2 Å². The van der Waals surface area contributed by atoms with Gasteiger partial charge in [0.2, 0.25) is 11.8 Å². The predicted octanol–water partition coefficient (Wildman–Crippen LogP) is 5.90. The van der Waals surface area contributed by atoms with Gasteiger partial charge in [0.15, 0.2) is 0 Å². The highest BCUT2D eigenvalue weighted by molar-refractivity contribution is 6.30. The number of amides is 3. The van der Waals surface area contributed by atoms with Crippen molar-refractivity contribution in [2.45, 2.75) is 46.1 Å². The fourth-order valence-electron chi connectivity index (χ4n) is 5.46. The van der Waals surface area contributed by atoms with E-state index in [1.807, 2.05) is 43.0 Å². The maximum absolute atomic E-state index is 13.7. The van der Waals surface area contributed by atoms with Gasteiger partial charge >= 0.3 is 0 Å². The molecule has 4 rings (SSSR count). The van der Waals surface area contributed by atoms with Crippen molar-refractivity contribution in [3.8, 4) is 11.1 Å². The van der Waals surface area contributed by atoms with Crippen LogP contribution >= 0.6 is 11.6 Å². The Balaban J connectivity index is 1.47. The number of nitrogens with zero attached hydrogens (tertiary/aromatic N) is 1. The van der Waals surface area contributed by atoms with Gasteiger partial charge in [-0.3, -0.25) is 14.4 Å². The van der Waals surface area contributed by atoms with E-state index in [1.54, 1.807) is 36.4 Å². The number of rotatable bonds is 7. The monoisotopic (exact) mass is 545 g/mol. The molecule has 0 aromatic heterocycles. The van der Waals surface area contributed by atoms with E-state index in [4.69, 9.17) is 17.3 Å². The third kappa shape index (κ3) is 6.51. The number of hydrogen-bond acceptors (Lipinski definition) is 3. The highest BCUT2D eigenvalue weighted by atomic mass is 35.5. The van der Waals surface area contributed by atoms with Crippen LogP contribution in [0.5, 0.6) is 0 Å². The average Bonchev–Trinajstić information content (AvgIpc) is 2.91. The smallest absolute Gasteiger partial charge is 0.251 e. The number of benzene rings is 3. The molecule has 2 atom stereocenters. The SMILES string of the molecule is CC(C)[C@@H](NC(=O)c1cccc(-c2ccc(C(N)=O)cc2)c1)C(=O)N1CC[C@H](c2ccc(Cl)cc2)C(C)(C)C1. The van der Waals surface area contributed by atoms with Crippen LogP contribution in [0.3, 0.4) is 0 Å². The van der Waals surface area contributed by atoms with Gasteiger partial charge in [0.25, 0.3) is 5.91 Å². The molecule has 1 fully saturated rings. The lowest BCUT2D eigenvalue weighted by Crippen LogP contribution is -2.55. The summed E-state index contributed by atoms with van der Waals surface area (Å²) in [6, 6.07) is 21.5. The van der Waals surface area contributed by atoms with E-state index in [-0.39, 0.29) is 23.1 Å². The van der Waals surface area contributed by atoms with Crippen molar-refractivity contribution in [2.75, 3.05) is 13.1 Å². The summed E-state index contributed by atoms with van der Waals surface area (Å²) in [7, 11) is 0. The molecule has 0 radical (unpaired) electrons. The molecule has 3 aromatic carbocycles. The van der Waals surface area contributed by atoms with Crippen LogP contribution in [-0.4, -0.2) is 41.8 Å². The van der Waals surface area contributed by atoms with Crippen LogP contribution < -0.4 is 11.1 Å². The maximum atomic E-state index is 13.7. The van der Waals surface area contributed by atoms with E-state index in [0.29, 0.717) is 35.2 Å². The standard InChI is InChI=1S/C32H36ClN3O3/c1-20(2)28(31(39)36-17-16-27(32(3,4)19-36)22-12-14-26(33)15-13-22)35-30(38)25-7-5-6-24(18-25)21-8-10-23(11-9-21)29(34)37/h5-15,18,20,27-28H,16-17,19H2,1-4H3,(H2,34,37)(H,35,38)/t27-,28-/m1/s1. The van der Waals surface area contributed by atoms with Crippen LogP contribution in [0.2, 0.25) is 5.02 Å². The topological polar surface area (TPSA) is 92.5 Å². The number of carbonyl (C=O) groups is 3. The minimum Gasteiger partial charge on any atom is -0.366 e. The van der Waals surface area contributed by atoms with E-state index in [2.05, 4.69) is 31.3 Å². The summed E-state index contributed by atoms with van der Waals surface area (Å²) in [5, 5.41) is 3.72. The number of halogens is 1. The molecule has 39 heavy (non-hydrogen) atoms. The molecule has 204 valence electrons. The van der Waals surface area contributed by atoms with Crippen LogP contribution in [0.4, 0.5) is 0 Å². The maximum Gasteiger partial charge on any atom is 0.251 e. The van der Waals surface area contributed by atoms with Crippen molar-refractivity contribution in [3.63, 3.8) is 0 Å². The number of primary amides is 1. The Labute approximate surface area is 235 Å². The van der Waals surface area contributed by atoms with Gasteiger partial charge in [-0.05, 0) is 76.8 Å². The van der Waals surface area contributed by atoms with Gasteiger partial charge < -0.3 is 16.0 Å².